The Hall–Kier alpha value is -4.00. The molecule has 0 fully saturated rings. The molecular formula is C40H55N3O4. The molecule has 3 aromatic rings. The zero-order valence-electron chi connectivity index (χ0n) is 28.7. The van der Waals surface area contributed by atoms with E-state index in [4.69, 9.17) is 0 Å². The van der Waals surface area contributed by atoms with Crippen LogP contribution in [0.15, 0.2) is 66.7 Å². The first-order valence-electron chi connectivity index (χ1n) is 18.0. The molecule has 0 radical (unpaired) electrons. The van der Waals surface area contributed by atoms with Gasteiger partial charge in [0.05, 0.1) is 9.85 Å². The lowest BCUT2D eigenvalue weighted by molar-refractivity contribution is -0.422. The summed E-state index contributed by atoms with van der Waals surface area (Å²) in [6, 6.07) is 21.1. The molecule has 0 unspecified atom stereocenters. The summed E-state index contributed by atoms with van der Waals surface area (Å²) in [5.41, 5.74) is 4.04. The number of nitro benzene ring substituents is 2. The van der Waals surface area contributed by atoms with Crippen LogP contribution in [-0.4, -0.2) is 22.9 Å². The monoisotopic (exact) mass is 641 g/mol. The van der Waals surface area contributed by atoms with Crippen molar-refractivity contribution in [1.82, 2.24) is 0 Å². The van der Waals surface area contributed by atoms with Gasteiger partial charge in [-0.1, -0.05) is 152 Å². The molecule has 0 bridgehead atoms. The van der Waals surface area contributed by atoms with Gasteiger partial charge in [-0.25, -0.2) is 0 Å². The second-order valence-electron chi connectivity index (χ2n) is 12.7. The second kappa shape index (κ2) is 21.7. The van der Waals surface area contributed by atoms with Crippen molar-refractivity contribution >= 4 is 29.2 Å². The van der Waals surface area contributed by atoms with Gasteiger partial charge in [-0.05, 0) is 53.3 Å². The van der Waals surface area contributed by atoms with Crippen molar-refractivity contribution in [2.24, 2.45) is 0 Å². The maximum Gasteiger partial charge on any atom is 0.346 e. The minimum Gasteiger partial charge on any atom is -0.372 e. The van der Waals surface area contributed by atoms with Gasteiger partial charge < -0.3 is 4.90 Å². The second-order valence-corrected chi connectivity index (χ2v) is 12.7. The number of hydrogen-bond donors (Lipinski definition) is 0. The van der Waals surface area contributed by atoms with Crippen molar-refractivity contribution in [3.8, 4) is 11.1 Å². The van der Waals surface area contributed by atoms with E-state index in [9.17, 15) is 20.2 Å². The molecule has 0 aliphatic heterocycles. The van der Waals surface area contributed by atoms with Gasteiger partial charge in [-0.15, -0.1) is 0 Å². The fraction of sp³-hybridized carbons (Fsp3) is 0.500. The third-order valence-corrected chi connectivity index (χ3v) is 8.90. The average Bonchev–Trinajstić information content (AvgIpc) is 3.09. The molecule has 254 valence electrons. The smallest absolute Gasteiger partial charge is 0.346 e. The highest BCUT2D eigenvalue weighted by Gasteiger charge is 2.23. The first-order valence-corrected chi connectivity index (χ1v) is 18.0. The summed E-state index contributed by atoms with van der Waals surface area (Å²) in [5, 5.41) is 22.4. The lowest BCUT2D eigenvalue weighted by Gasteiger charge is -2.25. The van der Waals surface area contributed by atoms with E-state index in [2.05, 4.69) is 55.1 Å². The predicted molar refractivity (Wildman–Crippen MR) is 198 cm³/mol. The van der Waals surface area contributed by atoms with Gasteiger partial charge in [0.15, 0.2) is 0 Å². The van der Waals surface area contributed by atoms with Crippen LogP contribution < -0.4 is 4.90 Å². The first kappa shape index (κ1) is 37.5. The van der Waals surface area contributed by atoms with Gasteiger partial charge in [0.1, 0.15) is 0 Å². The number of rotatable bonds is 24. The van der Waals surface area contributed by atoms with Gasteiger partial charge in [0.25, 0.3) is 0 Å². The van der Waals surface area contributed by atoms with Crippen molar-refractivity contribution in [3.63, 3.8) is 0 Å². The summed E-state index contributed by atoms with van der Waals surface area (Å²) in [6.07, 6.45) is 24.9. The molecule has 0 atom stereocenters. The molecule has 3 aromatic carbocycles. The molecule has 47 heavy (non-hydrogen) atoms. The lowest BCUT2D eigenvalue weighted by atomic mass is 10.0. The largest absolute Gasteiger partial charge is 0.372 e. The van der Waals surface area contributed by atoms with Gasteiger partial charge in [0, 0.05) is 30.9 Å². The molecule has 0 heterocycles. The maximum absolute atomic E-state index is 11.3. The van der Waals surface area contributed by atoms with Gasteiger partial charge in [-0.3, -0.25) is 20.2 Å². The van der Waals surface area contributed by atoms with E-state index < -0.39 is 21.2 Å². The van der Waals surface area contributed by atoms with Gasteiger partial charge >= 0.3 is 11.4 Å². The number of hydrogen-bond acceptors (Lipinski definition) is 5. The van der Waals surface area contributed by atoms with E-state index in [-0.39, 0.29) is 0 Å². The number of anilines is 1. The zero-order valence-corrected chi connectivity index (χ0v) is 28.7. The molecule has 0 aromatic heterocycles. The molecule has 7 nitrogen and oxygen atoms in total. The molecule has 0 aliphatic carbocycles. The van der Waals surface area contributed by atoms with E-state index >= 15 is 0 Å². The summed E-state index contributed by atoms with van der Waals surface area (Å²) >= 11 is 0. The first-order chi connectivity index (χ1) is 22.9. The standard InChI is InChI=1S/C40H55N3O4/c1-3-5-7-9-11-13-15-17-31-41(32-18-16-14-12-10-8-6-4-2)38-28-26-37(27-29-38)36-24-21-34(22-25-36)19-20-35-23-30-39(42(44)45)40(33-35)43(46)47/h19-30,33H,3-18,31-32H2,1-2H3/b20-19+. The quantitative estimate of drug-likeness (QED) is 0.0420. The summed E-state index contributed by atoms with van der Waals surface area (Å²) in [6.45, 7) is 6.78. The van der Waals surface area contributed by atoms with Crippen LogP contribution in [0.4, 0.5) is 17.1 Å². The summed E-state index contributed by atoms with van der Waals surface area (Å²) < 4.78 is 0. The highest BCUT2D eigenvalue weighted by Crippen LogP contribution is 2.29. The number of nitro groups is 2. The molecule has 0 N–H and O–H groups in total. The Morgan fingerprint density at radius 3 is 1.38 bits per heavy atom. The lowest BCUT2D eigenvalue weighted by Crippen LogP contribution is -2.25. The highest BCUT2D eigenvalue weighted by atomic mass is 16.6. The van der Waals surface area contributed by atoms with Gasteiger partial charge in [0.2, 0.25) is 0 Å². The van der Waals surface area contributed by atoms with Crippen molar-refractivity contribution in [2.45, 2.75) is 117 Å². The van der Waals surface area contributed by atoms with Crippen molar-refractivity contribution < 1.29 is 9.85 Å². The third-order valence-electron chi connectivity index (χ3n) is 8.90. The number of benzene rings is 3. The fourth-order valence-electron chi connectivity index (χ4n) is 6.03. The van der Waals surface area contributed by atoms with Crippen LogP contribution in [0.1, 0.15) is 128 Å². The fourth-order valence-corrected chi connectivity index (χ4v) is 6.03. The summed E-state index contributed by atoms with van der Waals surface area (Å²) in [4.78, 5) is 23.5. The molecule has 7 heteroatoms. The van der Waals surface area contributed by atoms with E-state index in [1.807, 2.05) is 18.2 Å². The predicted octanol–water partition coefficient (Wildman–Crippen LogP) is 12.4. The minimum absolute atomic E-state index is 0.507. The van der Waals surface area contributed by atoms with Crippen LogP contribution in [-0.2, 0) is 0 Å². The Morgan fingerprint density at radius 1 is 0.511 bits per heavy atom. The Kier molecular flexibility index (Phi) is 17.3. The van der Waals surface area contributed by atoms with E-state index in [1.54, 1.807) is 6.08 Å². The van der Waals surface area contributed by atoms with Crippen molar-refractivity contribution in [3.05, 3.63) is 98.1 Å². The SMILES string of the molecule is CCCCCCCCCCN(CCCCCCCCCC)c1ccc(-c2ccc(/C=C/c3ccc([N+](=O)[O-])c([N+](=O)[O-])c3)cc2)cc1. The zero-order chi connectivity index (χ0) is 33.7. The molecule has 0 aliphatic rings. The maximum atomic E-state index is 11.3. The average molecular weight is 642 g/mol. The molecular weight excluding hydrogens is 586 g/mol. The van der Waals surface area contributed by atoms with Crippen molar-refractivity contribution in [2.75, 3.05) is 18.0 Å². The minimum atomic E-state index is -0.733. The van der Waals surface area contributed by atoms with E-state index in [1.165, 1.54) is 127 Å². The third kappa shape index (κ3) is 13.7. The Bertz CT molecular complexity index is 1350. The number of nitrogens with zero attached hydrogens (tertiary/aromatic N) is 3. The Balaban J connectivity index is 1.58. The molecule has 3 rings (SSSR count). The molecule has 0 saturated carbocycles. The molecule has 0 saturated heterocycles. The van der Waals surface area contributed by atoms with E-state index in [0.29, 0.717) is 5.56 Å². The topological polar surface area (TPSA) is 89.5 Å². The highest BCUT2D eigenvalue weighted by molar-refractivity contribution is 5.74. The van der Waals surface area contributed by atoms with Crippen LogP contribution in [0.3, 0.4) is 0 Å². The van der Waals surface area contributed by atoms with Crippen molar-refractivity contribution in [1.29, 1.82) is 0 Å². The molecule has 0 spiro atoms. The summed E-state index contributed by atoms with van der Waals surface area (Å²) in [7, 11) is 0. The van der Waals surface area contributed by atoms with E-state index in [0.717, 1.165) is 29.8 Å². The van der Waals surface area contributed by atoms with Crippen LogP contribution in [0, 0.1) is 20.2 Å². The summed E-state index contributed by atoms with van der Waals surface area (Å²) in [5.74, 6) is 0. The van der Waals surface area contributed by atoms with Crippen LogP contribution in [0.2, 0.25) is 0 Å². The Labute approximate surface area is 282 Å². The Morgan fingerprint density at radius 2 is 0.915 bits per heavy atom. The van der Waals surface area contributed by atoms with Crippen LogP contribution >= 0.6 is 0 Å². The number of unbranched alkanes of at least 4 members (excludes halogenated alkanes) is 14. The van der Waals surface area contributed by atoms with Gasteiger partial charge in [-0.2, -0.15) is 0 Å². The van der Waals surface area contributed by atoms with Crippen LogP contribution in [0.25, 0.3) is 23.3 Å². The molecule has 0 amide bonds. The van der Waals surface area contributed by atoms with Crippen LogP contribution in [0.5, 0.6) is 0 Å². The normalized spacial score (nSPS) is 11.3.